The van der Waals surface area contributed by atoms with Crippen molar-refractivity contribution in [2.45, 2.75) is 56.9 Å². The van der Waals surface area contributed by atoms with Gasteiger partial charge in [0.15, 0.2) is 0 Å². The van der Waals surface area contributed by atoms with Crippen molar-refractivity contribution in [1.29, 1.82) is 0 Å². The van der Waals surface area contributed by atoms with Gasteiger partial charge in [-0.3, -0.25) is 4.98 Å². The third-order valence-electron chi connectivity index (χ3n) is 4.69. The van der Waals surface area contributed by atoms with E-state index in [-0.39, 0.29) is 6.04 Å². The maximum absolute atomic E-state index is 13.2. The molecule has 0 radical (unpaired) electrons. The fraction of sp³-hybridized carbons (Fsp3) is 0.500. The molecular weight excluding hydrogens is 308 g/mol. The van der Waals surface area contributed by atoms with Crippen LogP contribution in [0.25, 0.3) is 10.9 Å². The van der Waals surface area contributed by atoms with Crippen molar-refractivity contribution < 1.29 is 8.42 Å². The highest BCUT2D eigenvalue weighted by Crippen LogP contribution is 2.30. The second-order valence-corrected chi connectivity index (χ2v) is 8.20. The second kappa shape index (κ2) is 6.57. The number of hydrogen-bond donors (Lipinski definition) is 0. The van der Waals surface area contributed by atoms with Gasteiger partial charge in [-0.25, -0.2) is 8.42 Å². The Kier molecular flexibility index (Phi) is 4.69. The van der Waals surface area contributed by atoms with Crippen LogP contribution in [-0.2, 0) is 10.0 Å². The van der Waals surface area contributed by atoms with Crippen LogP contribution >= 0.6 is 0 Å². The molecule has 2 aromatic rings. The Morgan fingerprint density at radius 3 is 2.65 bits per heavy atom. The van der Waals surface area contributed by atoms with Gasteiger partial charge in [0, 0.05) is 24.2 Å². The van der Waals surface area contributed by atoms with Crippen LogP contribution in [-0.4, -0.2) is 30.3 Å². The Bertz CT molecular complexity index is 796. The van der Waals surface area contributed by atoms with Gasteiger partial charge in [0.1, 0.15) is 4.90 Å². The predicted octanol–water partition coefficient (Wildman–Crippen LogP) is 3.89. The van der Waals surface area contributed by atoms with Crippen molar-refractivity contribution >= 4 is 20.9 Å². The highest BCUT2D eigenvalue weighted by molar-refractivity contribution is 7.89. The van der Waals surface area contributed by atoms with E-state index < -0.39 is 10.0 Å². The van der Waals surface area contributed by atoms with Gasteiger partial charge in [-0.05, 0) is 37.5 Å². The molecule has 1 heterocycles. The van der Waals surface area contributed by atoms with Gasteiger partial charge in [0.05, 0.1) is 5.52 Å². The topological polar surface area (TPSA) is 50.3 Å². The Hall–Kier alpha value is -1.46. The van der Waals surface area contributed by atoms with Crippen molar-refractivity contribution in [3.63, 3.8) is 0 Å². The molecule has 0 atom stereocenters. The zero-order chi connectivity index (χ0) is 16.4. The van der Waals surface area contributed by atoms with Gasteiger partial charge >= 0.3 is 0 Å². The Morgan fingerprint density at radius 1 is 1.22 bits per heavy atom. The molecule has 0 spiro atoms. The van der Waals surface area contributed by atoms with Gasteiger partial charge in [-0.15, -0.1) is 0 Å². The lowest BCUT2D eigenvalue weighted by Crippen LogP contribution is -2.41. The van der Waals surface area contributed by atoms with Crippen LogP contribution in [0.4, 0.5) is 0 Å². The number of rotatable bonds is 4. The molecule has 0 aliphatic heterocycles. The molecule has 124 valence electrons. The van der Waals surface area contributed by atoms with E-state index in [4.69, 9.17) is 0 Å². The molecule has 0 amide bonds. The molecule has 0 unspecified atom stereocenters. The van der Waals surface area contributed by atoms with E-state index in [1.165, 1.54) is 6.42 Å². The Balaban J connectivity index is 2.07. The minimum atomic E-state index is -3.52. The Labute approximate surface area is 138 Å². The number of fused-ring (bicyclic) bond motifs is 1. The van der Waals surface area contributed by atoms with Crippen molar-refractivity contribution in [3.8, 4) is 0 Å². The third kappa shape index (κ3) is 3.12. The van der Waals surface area contributed by atoms with E-state index >= 15 is 0 Å². The number of sulfonamides is 1. The minimum absolute atomic E-state index is 0.124. The van der Waals surface area contributed by atoms with Gasteiger partial charge in [0.2, 0.25) is 10.0 Å². The van der Waals surface area contributed by atoms with Crippen molar-refractivity contribution in [3.05, 3.63) is 36.0 Å². The number of aromatic nitrogens is 1. The summed E-state index contributed by atoms with van der Waals surface area (Å²) in [5, 5.41) is 0.880. The van der Waals surface area contributed by atoms with Crippen LogP contribution in [0.2, 0.25) is 0 Å². The fourth-order valence-corrected chi connectivity index (χ4v) is 5.43. The largest absolute Gasteiger partial charge is 0.255 e. The summed E-state index contributed by atoms with van der Waals surface area (Å²) in [5.41, 5.74) is 1.61. The van der Waals surface area contributed by atoms with Crippen LogP contribution in [0.3, 0.4) is 0 Å². The van der Waals surface area contributed by atoms with E-state index in [0.29, 0.717) is 17.0 Å². The molecule has 1 saturated carbocycles. The highest BCUT2D eigenvalue weighted by Gasteiger charge is 2.32. The molecule has 1 aliphatic carbocycles. The first-order valence-corrected chi connectivity index (χ1v) is 9.85. The summed E-state index contributed by atoms with van der Waals surface area (Å²) in [6.45, 7) is 4.40. The first-order chi connectivity index (χ1) is 11.0. The number of benzene rings is 1. The zero-order valence-electron chi connectivity index (χ0n) is 13.8. The van der Waals surface area contributed by atoms with E-state index in [2.05, 4.69) is 4.98 Å². The standard InChI is InChI=1S/C18H24N2O2S/c1-3-20(16-9-5-4-6-10-16)23(21,22)17-11-7-8-15-12-14(2)13-19-18(15)17/h7-8,11-13,16H,3-6,9-10H2,1-2H3. The maximum Gasteiger partial charge on any atom is 0.245 e. The summed E-state index contributed by atoms with van der Waals surface area (Å²) >= 11 is 0. The van der Waals surface area contributed by atoms with Gasteiger partial charge in [-0.1, -0.05) is 38.3 Å². The third-order valence-corrected chi connectivity index (χ3v) is 6.75. The average molecular weight is 332 g/mol. The summed E-state index contributed by atoms with van der Waals surface area (Å²) in [7, 11) is -3.52. The molecule has 3 rings (SSSR count). The van der Waals surface area contributed by atoms with Gasteiger partial charge in [-0.2, -0.15) is 4.31 Å². The summed E-state index contributed by atoms with van der Waals surface area (Å²) in [5.74, 6) is 0. The SMILES string of the molecule is CCN(C1CCCCC1)S(=O)(=O)c1cccc2cc(C)cnc12. The van der Waals surface area contributed by atoms with Crippen molar-refractivity contribution in [1.82, 2.24) is 9.29 Å². The molecule has 0 N–H and O–H groups in total. The first-order valence-electron chi connectivity index (χ1n) is 8.41. The van der Waals surface area contributed by atoms with Crippen LogP contribution in [0.1, 0.15) is 44.6 Å². The normalized spacial score (nSPS) is 17.0. The molecule has 4 nitrogen and oxygen atoms in total. The quantitative estimate of drug-likeness (QED) is 0.853. The molecule has 0 saturated heterocycles. The number of para-hydroxylation sites is 1. The summed E-state index contributed by atoms with van der Waals surface area (Å²) in [4.78, 5) is 4.74. The summed E-state index contributed by atoms with van der Waals surface area (Å²) < 4.78 is 28.2. The molecule has 1 aromatic carbocycles. The molecule has 1 aliphatic rings. The maximum atomic E-state index is 13.2. The van der Waals surface area contributed by atoms with E-state index in [1.54, 1.807) is 16.6 Å². The summed E-state index contributed by atoms with van der Waals surface area (Å²) in [6.07, 6.45) is 7.10. The van der Waals surface area contributed by atoms with Crippen LogP contribution in [0.5, 0.6) is 0 Å². The molecule has 0 bridgehead atoms. The average Bonchev–Trinajstić information content (AvgIpc) is 2.55. The lowest BCUT2D eigenvalue weighted by atomic mass is 9.95. The number of nitrogens with zero attached hydrogens (tertiary/aromatic N) is 2. The van der Waals surface area contributed by atoms with Gasteiger partial charge < -0.3 is 0 Å². The zero-order valence-corrected chi connectivity index (χ0v) is 14.6. The predicted molar refractivity (Wildman–Crippen MR) is 92.9 cm³/mol. The van der Waals surface area contributed by atoms with Crippen LogP contribution in [0, 0.1) is 6.92 Å². The molecule has 5 heteroatoms. The number of aryl methyl sites for hydroxylation is 1. The monoisotopic (exact) mass is 332 g/mol. The smallest absolute Gasteiger partial charge is 0.245 e. The van der Waals surface area contributed by atoms with E-state index in [0.717, 1.165) is 36.6 Å². The fourth-order valence-electron chi connectivity index (χ4n) is 3.57. The number of pyridine rings is 1. The van der Waals surface area contributed by atoms with Crippen molar-refractivity contribution in [2.24, 2.45) is 0 Å². The first kappa shape index (κ1) is 16.4. The highest BCUT2D eigenvalue weighted by atomic mass is 32.2. The minimum Gasteiger partial charge on any atom is -0.255 e. The van der Waals surface area contributed by atoms with E-state index in [9.17, 15) is 8.42 Å². The molecule has 1 aromatic heterocycles. The lowest BCUT2D eigenvalue weighted by molar-refractivity contribution is 0.261. The summed E-state index contributed by atoms with van der Waals surface area (Å²) in [6, 6.07) is 7.53. The Morgan fingerprint density at radius 2 is 1.96 bits per heavy atom. The van der Waals surface area contributed by atoms with Crippen molar-refractivity contribution in [2.75, 3.05) is 6.54 Å². The second-order valence-electron chi connectivity index (χ2n) is 6.34. The molecule has 23 heavy (non-hydrogen) atoms. The van der Waals surface area contributed by atoms with E-state index in [1.807, 2.05) is 32.0 Å². The van der Waals surface area contributed by atoms with Crippen LogP contribution < -0.4 is 0 Å². The van der Waals surface area contributed by atoms with Gasteiger partial charge in [0.25, 0.3) is 0 Å². The number of hydrogen-bond acceptors (Lipinski definition) is 3. The molecular formula is C18H24N2O2S. The lowest BCUT2D eigenvalue weighted by Gasteiger charge is -2.32. The van der Waals surface area contributed by atoms with Crippen LogP contribution in [0.15, 0.2) is 35.4 Å². The molecule has 1 fully saturated rings.